The van der Waals surface area contributed by atoms with E-state index in [2.05, 4.69) is 48.1 Å². The number of hydrogen-bond acceptors (Lipinski definition) is 4. The molecule has 0 aliphatic heterocycles. The van der Waals surface area contributed by atoms with Crippen molar-refractivity contribution < 1.29 is 0 Å². The molecule has 0 atom stereocenters. The standard InChI is InChI=1S/C14H19N3S/c1-11-4-3-5-12(8-11)9-17(2)7-6-13-10-18-14(15)16-13/h3-5,8,10H,6-7,9H2,1-2H3,(H2,15,16). The number of nitrogens with two attached hydrogens (primary N) is 1. The fourth-order valence-corrected chi connectivity index (χ4v) is 2.54. The summed E-state index contributed by atoms with van der Waals surface area (Å²) in [6.07, 6.45) is 0.954. The number of benzene rings is 1. The van der Waals surface area contributed by atoms with Gasteiger partial charge in [-0.1, -0.05) is 29.8 Å². The monoisotopic (exact) mass is 261 g/mol. The van der Waals surface area contributed by atoms with Crippen LogP contribution >= 0.6 is 11.3 Å². The van der Waals surface area contributed by atoms with Gasteiger partial charge in [-0.25, -0.2) is 4.98 Å². The van der Waals surface area contributed by atoms with Crippen molar-refractivity contribution in [2.24, 2.45) is 0 Å². The van der Waals surface area contributed by atoms with Gasteiger partial charge < -0.3 is 10.6 Å². The summed E-state index contributed by atoms with van der Waals surface area (Å²) in [6.45, 7) is 4.10. The molecule has 2 rings (SSSR count). The first-order valence-corrected chi connectivity index (χ1v) is 6.95. The SMILES string of the molecule is Cc1cccc(CN(C)CCc2csc(N)n2)c1. The number of likely N-dealkylation sites (N-methyl/N-ethyl adjacent to an activating group) is 1. The lowest BCUT2D eigenvalue weighted by molar-refractivity contribution is 0.330. The Morgan fingerprint density at radius 1 is 1.39 bits per heavy atom. The molecule has 2 aromatic rings. The van der Waals surface area contributed by atoms with Gasteiger partial charge in [0.15, 0.2) is 5.13 Å². The maximum absolute atomic E-state index is 5.62. The van der Waals surface area contributed by atoms with E-state index in [9.17, 15) is 0 Å². The zero-order chi connectivity index (χ0) is 13.0. The molecular formula is C14H19N3S. The molecule has 2 N–H and O–H groups in total. The molecule has 1 aromatic carbocycles. The first kappa shape index (κ1) is 13.1. The fourth-order valence-electron chi connectivity index (χ4n) is 1.94. The molecular weight excluding hydrogens is 242 g/mol. The molecule has 0 spiro atoms. The molecule has 18 heavy (non-hydrogen) atoms. The second kappa shape index (κ2) is 5.98. The first-order chi connectivity index (χ1) is 8.63. The van der Waals surface area contributed by atoms with Gasteiger partial charge in [-0.15, -0.1) is 11.3 Å². The van der Waals surface area contributed by atoms with Crippen molar-refractivity contribution in [3.05, 3.63) is 46.5 Å². The highest BCUT2D eigenvalue weighted by Gasteiger charge is 2.03. The third-order valence-electron chi connectivity index (χ3n) is 2.85. The van der Waals surface area contributed by atoms with Crippen LogP contribution in [0.25, 0.3) is 0 Å². The molecule has 0 saturated heterocycles. The summed E-state index contributed by atoms with van der Waals surface area (Å²) >= 11 is 1.51. The Kier molecular flexibility index (Phi) is 4.33. The third-order valence-corrected chi connectivity index (χ3v) is 3.58. The largest absolute Gasteiger partial charge is 0.375 e. The fraction of sp³-hybridized carbons (Fsp3) is 0.357. The third kappa shape index (κ3) is 3.82. The first-order valence-electron chi connectivity index (χ1n) is 6.07. The Morgan fingerprint density at radius 3 is 2.89 bits per heavy atom. The summed E-state index contributed by atoms with van der Waals surface area (Å²) in [5, 5.41) is 2.70. The molecule has 0 radical (unpaired) electrons. The quantitative estimate of drug-likeness (QED) is 0.900. The van der Waals surface area contributed by atoms with Gasteiger partial charge in [0.1, 0.15) is 0 Å². The minimum absolute atomic E-state index is 0.659. The second-order valence-corrected chi connectivity index (χ2v) is 5.54. The summed E-state index contributed by atoms with van der Waals surface area (Å²) in [7, 11) is 2.14. The molecule has 0 amide bonds. The maximum Gasteiger partial charge on any atom is 0.180 e. The van der Waals surface area contributed by atoms with E-state index in [0.717, 1.165) is 25.2 Å². The van der Waals surface area contributed by atoms with Gasteiger partial charge >= 0.3 is 0 Å². The number of nitrogens with zero attached hydrogens (tertiary/aromatic N) is 2. The van der Waals surface area contributed by atoms with Gasteiger partial charge in [-0.05, 0) is 19.5 Å². The highest BCUT2D eigenvalue weighted by Crippen LogP contribution is 2.12. The number of thiazole rings is 1. The summed E-state index contributed by atoms with van der Waals surface area (Å²) < 4.78 is 0. The number of nitrogen functional groups attached to an aromatic ring is 1. The van der Waals surface area contributed by atoms with Crippen molar-refractivity contribution in [1.29, 1.82) is 0 Å². The van der Waals surface area contributed by atoms with E-state index >= 15 is 0 Å². The lowest BCUT2D eigenvalue weighted by Crippen LogP contribution is -2.20. The minimum atomic E-state index is 0.659. The number of rotatable bonds is 5. The van der Waals surface area contributed by atoms with Crippen molar-refractivity contribution in [2.75, 3.05) is 19.3 Å². The summed E-state index contributed by atoms with van der Waals surface area (Å²) in [5.74, 6) is 0. The van der Waals surface area contributed by atoms with Crippen LogP contribution in [0.1, 0.15) is 16.8 Å². The van der Waals surface area contributed by atoms with Crippen molar-refractivity contribution in [2.45, 2.75) is 19.9 Å². The molecule has 0 saturated carbocycles. The lowest BCUT2D eigenvalue weighted by Gasteiger charge is -2.16. The van der Waals surface area contributed by atoms with Gasteiger partial charge in [0.25, 0.3) is 0 Å². The molecule has 0 bridgehead atoms. The molecule has 96 valence electrons. The van der Waals surface area contributed by atoms with Crippen molar-refractivity contribution in [3.63, 3.8) is 0 Å². The van der Waals surface area contributed by atoms with Crippen molar-refractivity contribution in [1.82, 2.24) is 9.88 Å². The van der Waals surface area contributed by atoms with Crippen LogP contribution in [0, 0.1) is 6.92 Å². The molecule has 0 aliphatic rings. The topological polar surface area (TPSA) is 42.1 Å². The summed E-state index contributed by atoms with van der Waals surface area (Å²) in [5.41, 5.74) is 9.38. The Labute approximate surface area is 112 Å². The Balaban J connectivity index is 1.83. The summed E-state index contributed by atoms with van der Waals surface area (Å²) in [4.78, 5) is 6.58. The van der Waals surface area contributed by atoms with Crippen molar-refractivity contribution in [3.8, 4) is 0 Å². The number of aromatic nitrogens is 1. The molecule has 4 heteroatoms. The highest BCUT2D eigenvalue weighted by atomic mass is 32.1. The van der Waals surface area contributed by atoms with Crippen LogP contribution in [-0.4, -0.2) is 23.5 Å². The molecule has 1 aromatic heterocycles. The van der Waals surface area contributed by atoms with Crippen LogP contribution in [0.3, 0.4) is 0 Å². The Bertz CT molecular complexity index is 507. The van der Waals surface area contributed by atoms with Crippen LogP contribution in [0.2, 0.25) is 0 Å². The normalized spacial score (nSPS) is 11.1. The zero-order valence-electron chi connectivity index (χ0n) is 10.9. The van der Waals surface area contributed by atoms with Gasteiger partial charge in [0, 0.05) is 24.9 Å². The molecule has 3 nitrogen and oxygen atoms in total. The maximum atomic E-state index is 5.62. The van der Waals surface area contributed by atoms with E-state index in [0.29, 0.717) is 5.13 Å². The molecule has 1 heterocycles. The lowest BCUT2D eigenvalue weighted by atomic mass is 10.1. The van der Waals surface area contributed by atoms with Gasteiger partial charge in [-0.2, -0.15) is 0 Å². The second-order valence-electron chi connectivity index (χ2n) is 4.65. The predicted octanol–water partition coefficient (Wildman–Crippen LogP) is 2.71. The Hall–Kier alpha value is -1.39. The summed E-state index contributed by atoms with van der Waals surface area (Å²) in [6, 6.07) is 8.64. The van der Waals surface area contributed by atoms with Crippen LogP contribution in [0.15, 0.2) is 29.6 Å². The van der Waals surface area contributed by atoms with Gasteiger partial charge in [0.2, 0.25) is 0 Å². The van der Waals surface area contributed by atoms with Crippen LogP contribution < -0.4 is 5.73 Å². The van der Waals surface area contributed by atoms with E-state index in [-0.39, 0.29) is 0 Å². The van der Waals surface area contributed by atoms with Crippen LogP contribution in [0.4, 0.5) is 5.13 Å². The average molecular weight is 261 g/mol. The number of hydrogen-bond donors (Lipinski definition) is 1. The van der Waals surface area contributed by atoms with E-state index < -0.39 is 0 Å². The van der Waals surface area contributed by atoms with Crippen LogP contribution in [-0.2, 0) is 13.0 Å². The van der Waals surface area contributed by atoms with E-state index in [1.165, 1.54) is 22.5 Å². The van der Waals surface area contributed by atoms with E-state index in [1.54, 1.807) is 0 Å². The van der Waals surface area contributed by atoms with E-state index in [1.807, 2.05) is 5.38 Å². The molecule has 0 unspecified atom stereocenters. The van der Waals surface area contributed by atoms with E-state index in [4.69, 9.17) is 5.73 Å². The zero-order valence-corrected chi connectivity index (χ0v) is 11.7. The number of aryl methyl sites for hydroxylation is 1. The predicted molar refractivity (Wildman–Crippen MR) is 77.7 cm³/mol. The smallest absolute Gasteiger partial charge is 0.180 e. The van der Waals surface area contributed by atoms with Gasteiger partial charge in [-0.3, -0.25) is 0 Å². The highest BCUT2D eigenvalue weighted by molar-refractivity contribution is 7.13. The van der Waals surface area contributed by atoms with Crippen LogP contribution in [0.5, 0.6) is 0 Å². The number of anilines is 1. The average Bonchev–Trinajstić information content (AvgIpc) is 2.73. The van der Waals surface area contributed by atoms with Gasteiger partial charge in [0.05, 0.1) is 5.69 Å². The Morgan fingerprint density at radius 2 is 2.22 bits per heavy atom. The minimum Gasteiger partial charge on any atom is -0.375 e. The van der Waals surface area contributed by atoms with Crippen molar-refractivity contribution >= 4 is 16.5 Å². The molecule has 0 fully saturated rings. The molecule has 0 aliphatic carbocycles.